The third kappa shape index (κ3) is 3.69. The van der Waals surface area contributed by atoms with Crippen molar-refractivity contribution in [2.45, 2.75) is 25.3 Å². The van der Waals surface area contributed by atoms with Gasteiger partial charge in [-0.15, -0.1) is 0 Å². The molecule has 1 fully saturated rings. The zero-order valence-corrected chi connectivity index (χ0v) is 10.8. The Hall–Kier alpha value is -2.11. The number of hydrogen-bond acceptors (Lipinski definition) is 3. The molecule has 6 heteroatoms. The van der Waals surface area contributed by atoms with Crippen molar-refractivity contribution in [1.82, 2.24) is 5.32 Å². The first-order chi connectivity index (χ1) is 9.56. The predicted octanol–water partition coefficient (Wildman–Crippen LogP) is 1.57. The molecule has 0 bridgehead atoms. The van der Waals surface area contributed by atoms with E-state index in [4.69, 9.17) is 9.84 Å². The van der Waals surface area contributed by atoms with Gasteiger partial charge in [-0.05, 0) is 31.4 Å². The van der Waals surface area contributed by atoms with E-state index in [1.54, 1.807) is 6.07 Å². The van der Waals surface area contributed by atoms with Gasteiger partial charge in [-0.2, -0.15) is 0 Å². The van der Waals surface area contributed by atoms with Gasteiger partial charge in [0.2, 0.25) is 0 Å². The van der Waals surface area contributed by atoms with Crippen LogP contribution in [0.5, 0.6) is 5.75 Å². The topological polar surface area (TPSA) is 75.6 Å². The Morgan fingerprint density at radius 2 is 2.10 bits per heavy atom. The Bertz CT molecular complexity index is 506. The number of carbonyl (C=O) groups excluding carboxylic acids is 1. The molecule has 2 rings (SSSR count). The highest BCUT2D eigenvalue weighted by Gasteiger charge is 2.30. The summed E-state index contributed by atoms with van der Waals surface area (Å²) in [6, 6.07) is 5.70. The number of carboxylic acid groups (broad SMARTS) is 1. The molecular weight excluding hydrogens is 265 g/mol. The van der Waals surface area contributed by atoms with Gasteiger partial charge in [0.25, 0.3) is 5.91 Å². The summed E-state index contributed by atoms with van der Waals surface area (Å²) in [5.41, 5.74) is 0. The van der Waals surface area contributed by atoms with Crippen molar-refractivity contribution in [2.75, 3.05) is 6.61 Å². The Labute approximate surface area is 115 Å². The lowest BCUT2D eigenvalue weighted by atomic mass is 10.1. The minimum absolute atomic E-state index is 0.0254. The fourth-order valence-electron chi connectivity index (χ4n) is 2.31. The molecule has 1 amide bonds. The number of ether oxygens (including phenoxy) is 1. The summed E-state index contributed by atoms with van der Waals surface area (Å²) in [7, 11) is 0. The fourth-order valence-corrected chi connectivity index (χ4v) is 2.31. The number of amides is 1. The van der Waals surface area contributed by atoms with Crippen molar-refractivity contribution in [2.24, 2.45) is 5.92 Å². The van der Waals surface area contributed by atoms with Crippen molar-refractivity contribution >= 4 is 11.9 Å². The first kappa shape index (κ1) is 14.3. The maximum Gasteiger partial charge on any atom is 0.306 e. The first-order valence-corrected chi connectivity index (χ1v) is 6.45. The lowest BCUT2D eigenvalue weighted by molar-refractivity contribution is -0.141. The first-order valence-electron chi connectivity index (χ1n) is 6.45. The monoisotopic (exact) mass is 281 g/mol. The third-order valence-corrected chi connectivity index (χ3v) is 3.34. The summed E-state index contributed by atoms with van der Waals surface area (Å²) >= 11 is 0. The second-order valence-electron chi connectivity index (χ2n) is 4.83. The molecule has 108 valence electrons. The number of para-hydroxylation sites is 1. The molecule has 0 saturated heterocycles. The van der Waals surface area contributed by atoms with Crippen molar-refractivity contribution in [3.05, 3.63) is 30.1 Å². The maximum atomic E-state index is 13.3. The molecule has 0 heterocycles. The highest BCUT2D eigenvalue weighted by Crippen LogP contribution is 2.25. The number of rotatable bonds is 5. The molecule has 1 aromatic rings. The number of carboxylic acids is 1. The number of benzene rings is 1. The average molecular weight is 281 g/mol. The van der Waals surface area contributed by atoms with Crippen molar-refractivity contribution < 1.29 is 23.8 Å². The number of carbonyl (C=O) groups is 2. The van der Waals surface area contributed by atoms with E-state index in [1.165, 1.54) is 18.2 Å². The van der Waals surface area contributed by atoms with E-state index in [0.717, 1.165) is 0 Å². The highest BCUT2D eigenvalue weighted by atomic mass is 19.1. The van der Waals surface area contributed by atoms with E-state index < -0.39 is 17.7 Å². The largest absolute Gasteiger partial charge is 0.481 e. The van der Waals surface area contributed by atoms with Crippen LogP contribution in [-0.4, -0.2) is 29.6 Å². The molecule has 0 spiro atoms. The number of nitrogens with one attached hydrogen (secondary N) is 1. The molecule has 0 unspecified atom stereocenters. The molecule has 1 saturated carbocycles. The normalized spacial score (nSPS) is 21.4. The molecule has 0 radical (unpaired) electrons. The van der Waals surface area contributed by atoms with Crippen molar-refractivity contribution in [3.8, 4) is 5.75 Å². The molecule has 0 aliphatic heterocycles. The minimum atomic E-state index is -0.829. The molecule has 1 aromatic carbocycles. The highest BCUT2D eigenvalue weighted by molar-refractivity contribution is 5.78. The quantitative estimate of drug-likeness (QED) is 0.859. The third-order valence-electron chi connectivity index (χ3n) is 3.34. The lowest BCUT2D eigenvalue weighted by Crippen LogP contribution is -2.36. The number of halogens is 1. The molecular formula is C14H16FNO4. The number of hydrogen-bond donors (Lipinski definition) is 2. The van der Waals surface area contributed by atoms with Crippen LogP contribution >= 0.6 is 0 Å². The van der Waals surface area contributed by atoms with Crippen LogP contribution in [0.25, 0.3) is 0 Å². The number of aliphatic carboxylic acids is 1. The summed E-state index contributed by atoms with van der Waals surface area (Å²) in [6.07, 6.45) is 1.64. The molecule has 2 N–H and O–H groups in total. The second-order valence-corrected chi connectivity index (χ2v) is 4.83. The van der Waals surface area contributed by atoms with Crippen LogP contribution in [0.2, 0.25) is 0 Å². The van der Waals surface area contributed by atoms with E-state index in [2.05, 4.69) is 5.32 Å². The summed E-state index contributed by atoms with van der Waals surface area (Å²) in [6.45, 7) is -0.283. The SMILES string of the molecule is O=C(COc1ccccc1F)N[C@@H]1CC[C@H](C(=O)O)C1. The Kier molecular flexibility index (Phi) is 4.55. The zero-order valence-electron chi connectivity index (χ0n) is 10.8. The Morgan fingerprint density at radius 1 is 1.35 bits per heavy atom. The molecule has 2 atom stereocenters. The predicted molar refractivity (Wildman–Crippen MR) is 68.8 cm³/mol. The van der Waals surface area contributed by atoms with Crippen LogP contribution in [0, 0.1) is 11.7 Å². The Morgan fingerprint density at radius 3 is 2.75 bits per heavy atom. The summed E-state index contributed by atoms with van der Waals surface area (Å²) < 4.78 is 18.3. The van der Waals surface area contributed by atoms with E-state index in [0.29, 0.717) is 19.3 Å². The van der Waals surface area contributed by atoms with Crippen molar-refractivity contribution in [3.63, 3.8) is 0 Å². The van der Waals surface area contributed by atoms with Gasteiger partial charge < -0.3 is 15.2 Å². The summed E-state index contributed by atoms with van der Waals surface area (Å²) in [5.74, 6) is -2.09. The Balaban J connectivity index is 1.77. The van der Waals surface area contributed by atoms with Crippen molar-refractivity contribution in [1.29, 1.82) is 0 Å². The van der Waals surface area contributed by atoms with Gasteiger partial charge >= 0.3 is 5.97 Å². The van der Waals surface area contributed by atoms with Gasteiger partial charge in [-0.1, -0.05) is 12.1 Å². The fraction of sp³-hybridized carbons (Fsp3) is 0.429. The maximum absolute atomic E-state index is 13.3. The van der Waals surface area contributed by atoms with Crippen LogP contribution in [0.1, 0.15) is 19.3 Å². The van der Waals surface area contributed by atoms with E-state index in [1.807, 2.05) is 0 Å². The van der Waals surface area contributed by atoms with Crippen LogP contribution in [0.4, 0.5) is 4.39 Å². The van der Waals surface area contributed by atoms with Gasteiger partial charge in [0.05, 0.1) is 5.92 Å². The van der Waals surface area contributed by atoms with E-state index in [-0.39, 0.29) is 24.3 Å². The standard InChI is InChI=1S/C14H16FNO4/c15-11-3-1-2-4-12(11)20-8-13(17)16-10-6-5-9(7-10)14(18)19/h1-4,9-10H,5-8H2,(H,16,17)(H,18,19)/t9-,10+/m0/s1. The molecule has 1 aliphatic rings. The molecule has 20 heavy (non-hydrogen) atoms. The van der Waals surface area contributed by atoms with Crippen LogP contribution in [0.15, 0.2) is 24.3 Å². The zero-order chi connectivity index (χ0) is 14.5. The molecule has 5 nitrogen and oxygen atoms in total. The second kappa shape index (κ2) is 6.36. The lowest BCUT2D eigenvalue weighted by Gasteiger charge is -2.13. The van der Waals surface area contributed by atoms with E-state index in [9.17, 15) is 14.0 Å². The van der Waals surface area contributed by atoms with Crippen LogP contribution in [0.3, 0.4) is 0 Å². The van der Waals surface area contributed by atoms with Gasteiger partial charge in [0.15, 0.2) is 18.2 Å². The van der Waals surface area contributed by atoms with E-state index >= 15 is 0 Å². The van der Waals surface area contributed by atoms with Gasteiger partial charge in [0, 0.05) is 6.04 Å². The summed E-state index contributed by atoms with van der Waals surface area (Å²) in [4.78, 5) is 22.5. The van der Waals surface area contributed by atoms with Crippen LogP contribution < -0.4 is 10.1 Å². The molecule has 1 aliphatic carbocycles. The van der Waals surface area contributed by atoms with Gasteiger partial charge in [-0.3, -0.25) is 9.59 Å². The summed E-state index contributed by atoms with van der Waals surface area (Å²) in [5, 5.41) is 11.6. The smallest absolute Gasteiger partial charge is 0.306 e. The van der Waals surface area contributed by atoms with Crippen LogP contribution in [-0.2, 0) is 9.59 Å². The molecule has 0 aromatic heterocycles. The minimum Gasteiger partial charge on any atom is -0.481 e. The van der Waals surface area contributed by atoms with Gasteiger partial charge in [0.1, 0.15) is 0 Å². The van der Waals surface area contributed by atoms with Gasteiger partial charge in [-0.25, -0.2) is 4.39 Å². The average Bonchev–Trinajstić information content (AvgIpc) is 2.86.